The summed E-state index contributed by atoms with van der Waals surface area (Å²) in [4.78, 5) is 35.3. The molecule has 1 aliphatic rings. The Morgan fingerprint density at radius 2 is 2.00 bits per heavy atom. The van der Waals surface area contributed by atoms with Crippen molar-refractivity contribution < 1.29 is 24.6 Å². The number of carboxylic acids is 1. The number of nitrogens with one attached hydrogen (secondary N) is 1. The van der Waals surface area contributed by atoms with E-state index in [2.05, 4.69) is 5.32 Å². The molecule has 3 amide bonds. The smallest absolute Gasteiger partial charge is 0.326 e. The number of likely N-dealkylation sites (tertiary alicyclic amines) is 1. The van der Waals surface area contributed by atoms with Crippen LogP contribution in [0, 0.1) is 0 Å². The lowest BCUT2D eigenvalue weighted by Crippen LogP contribution is -2.53. The number of carbonyl (C=O) groups is 3. The van der Waals surface area contributed by atoms with Gasteiger partial charge in [-0.2, -0.15) is 0 Å². The summed E-state index contributed by atoms with van der Waals surface area (Å²) in [7, 11) is 0. The molecule has 1 unspecified atom stereocenters. The van der Waals surface area contributed by atoms with Crippen molar-refractivity contribution in [2.24, 2.45) is 5.73 Å². The number of aliphatic hydroxyl groups excluding tert-OH is 1. The lowest BCUT2D eigenvalue weighted by Gasteiger charge is -2.29. The lowest BCUT2D eigenvalue weighted by molar-refractivity contribution is -0.141. The summed E-state index contributed by atoms with van der Waals surface area (Å²) < 4.78 is 0. The van der Waals surface area contributed by atoms with Gasteiger partial charge in [0.2, 0.25) is 5.91 Å². The van der Waals surface area contributed by atoms with E-state index in [-0.39, 0.29) is 12.6 Å². The number of primary amides is 1. The Kier molecular flexibility index (Phi) is 6.23. The third-order valence-corrected chi connectivity index (χ3v) is 3.35. The van der Waals surface area contributed by atoms with E-state index < -0.39 is 30.4 Å². The number of hydrogen-bond donors (Lipinski definition) is 4. The molecule has 8 nitrogen and oxygen atoms in total. The Labute approximate surface area is 116 Å². The average Bonchev–Trinajstić information content (AvgIpc) is 2.62. The number of nitrogens with zero attached hydrogens (tertiary/aromatic N) is 1. The third-order valence-electron chi connectivity index (χ3n) is 3.35. The zero-order chi connectivity index (χ0) is 15.1. The number of nitrogens with two attached hydrogens (primary N) is 1. The summed E-state index contributed by atoms with van der Waals surface area (Å²) in [6.07, 6.45) is 2.90. The van der Waals surface area contributed by atoms with Crippen LogP contribution >= 0.6 is 0 Å². The van der Waals surface area contributed by atoms with Crippen LogP contribution in [0.1, 0.15) is 32.1 Å². The van der Waals surface area contributed by atoms with Crippen LogP contribution in [0.2, 0.25) is 0 Å². The molecule has 1 rings (SSSR count). The van der Waals surface area contributed by atoms with Crippen LogP contribution in [-0.2, 0) is 9.59 Å². The Morgan fingerprint density at radius 1 is 1.30 bits per heavy atom. The predicted molar refractivity (Wildman–Crippen MR) is 69.8 cm³/mol. The summed E-state index contributed by atoms with van der Waals surface area (Å²) in [6.45, 7) is 0.293. The summed E-state index contributed by atoms with van der Waals surface area (Å²) in [5, 5.41) is 20.6. The highest BCUT2D eigenvalue weighted by Crippen LogP contribution is 2.16. The van der Waals surface area contributed by atoms with E-state index in [1.54, 1.807) is 0 Å². The number of carboxylic acid groups (broad SMARTS) is 1. The van der Waals surface area contributed by atoms with Gasteiger partial charge in [-0.3, -0.25) is 4.79 Å². The van der Waals surface area contributed by atoms with Crippen molar-refractivity contribution in [2.75, 3.05) is 13.2 Å². The van der Waals surface area contributed by atoms with Crippen LogP contribution in [0.3, 0.4) is 0 Å². The average molecular weight is 287 g/mol. The first-order valence-electron chi connectivity index (χ1n) is 6.64. The maximum atomic E-state index is 12.1. The van der Waals surface area contributed by atoms with Gasteiger partial charge in [0.1, 0.15) is 6.04 Å². The molecular weight excluding hydrogens is 266 g/mol. The van der Waals surface area contributed by atoms with Gasteiger partial charge in [-0.1, -0.05) is 12.8 Å². The highest BCUT2D eigenvalue weighted by molar-refractivity contribution is 5.87. The van der Waals surface area contributed by atoms with Gasteiger partial charge in [0, 0.05) is 6.54 Å². The van der Waals surface area contributed by atoms with Crippen molar-refractivity contribution in [3.05, 3.63) is 0 Å². The van der Waals surface area contributed by atoms with Crippen LogP contribution in [0.5, 0.6) is 0 Å². The molecule has 8 heteroatoms. The molecule has 1 saturated heterocycles. The first-order chi connectivity index (χ1) is 9.45. The fraction of sp³-hybridized carbons (Fsp3) is 0.750. The maximum Gasteiger partial charge on any atom is 0.326 e. The van der Waals surface area contributed by atoms with Gasteiger partial charge in [0.15, 0.2) is 0 Å². The van der Waals surface area contributed by atoms with Gasteiger partial charge in [0.05, 0.1) is 19.1 Å². The molecular formula is C12H21N3O5. The molecule has 1 fully saturated rings. The van der Waals surface area contributed by atoms with Gasteiger partial charge >= 0.3 is 12.0 Å². The van der Waals surface area contributed by atoms with Crippen molar-refractivity contribution in [1.82, 2.24) is 10.2 Å². The third kappa shape index (κ3) is 4.69. The second kappa shape index (κ2) is 7.68. The molecule has 20 heavy (non-hydrogen) atoms. The monoisotopic (exact) mass is 287 g/mol. The van der Waals surface area contributed by atoms with Crippen LogP contribution in [0.4, 0.5) is 4.79 Å². The second-order valence-electron chi connectivity index (χ2n) is 4.89. The van der Waals surface area contributed by atoms with E-state index >= 15 is 0 Å². The molecule has 2 atom stereocenters. The molecule has 5 N–H and O–H groups in total. The zero-order valence-corrected chi connectivity index (χ0v) is 11.2. The number of hydrogen-bond acceptors (Lipinski definition) is 4. The normalized spacial score (nSPS) is 20.9. The van der Waals surface area contributed by atoms with Crippen LogP contribution in [0.15, 0.2) is 0 Å². The largest absolute Gasteiger partial charge is 0.480 e. The van der Waals surface area contributed by atoms with Crippen molar-refractivity contribution in [2.45, 2.75) is 44.2 Å². The summed E-state index contributed by atoms with van der Waals surface area (Å²) in [6, 6.07) is -2.25. The van der Waals surface area contributed by atoms with Crippen LogP contribution < -0.4 is 11.1 Å². The van der Waals surface area contributed by atoms with Crippen LogP contribution in [-0.4, -0.2) is 58.3 Å². The fourth-order valence-electron chi connectivity index (χ4n) is 2.27. The van der Waals surface area contributed by atoms with E-state index in [0.29, 0.717) is 13.0 Å². The standard InChI is InChI=1S/C12H21N3O5/c13-10(17)6-9(11(18)19)14-12(20)15-5-3-1-2-4-8(15)7-16/h8-9,16H,1-7H2,(H2,13,17)(H,14,20)(H,18,19)/t8?,9-/m1/s1. The van der Waals surface area contributed by atoms with Crippen LogP contribution in [0.25, 0.3) is 0 Å². The Hall–Kier alpha value is -1.83. The topological polar surface area (TPSA) is 133 Å². The maximum absolute atomic E-state index is 12.1. The molecule has 0 aromatic carbocycles. The molecule has 0 aliphatic carbocycles. The number of urea groups is 1. The van der Waals surface area contributed by atoms with E-state index in [1.807, 2.05) is 0 Å². The number of amides is 3. The van der Waals surface area contributed by atoms with Gasteiger partial charge in [-0.05, 0) is 12.8 Å². The highest BCUT2D eigenvalue weighted by atomic mass is 16.4. The fourth-order valence-corrected chi connectivity index (χ4v) is 2.27. The number of rotatable bonds is 5. The summed E-state index contributed by atoms with van der Waals surface area (Å²) in [5.74, 6) is -2.11. The Balaban J connectivity index is 2.70. The molecule has 1 aliphatic heterocycles. The number of aliphatic carboxylic acids is 1. The number of aliphatic hydroxyl groups is 1. The first kappa shape index (κ1) is 16.2. The lowest BCUT2D eigenvalue weighted by atomic mass is 10.1. The summed E-state index contributed by atoms with van der Waals surface area (Å²) >= 11 is 0. The SMILES string of the molecule is NC(=O)C[C@@H](NC(=O)N1CCCCCC1CO)C(=O)O. The van der Waals surface area contributed by atoms with Crippen molar-refractivity contribution in [1.29, 1.82) is 0 Å². The highest BCUT2D eigenvalue weighted by Gasteiger charge is 2.29. The van der Waals surface area contributed by atoms with Gasteiger partial charge in [-0.25, -0.2) is 9.59 Å². The van der Waals surface area contributed by atoms with E-state index in [0.717, 1.165) is 19.3 Å². The molecule has 0 bridgehead atoms. The minimum atomic E-state index is -1.34. The molecule has 114 valence electrons. The molecule has 1 heterocycles. The van der Waals surface area contributed by atoms with Gasteiger partial charge in [0.25, 0.3) is 0 Å². The zero-order valence-electron chi connectivity index (χ0n) is 11.2. The Morgan fingerprint density at radius 3 is 2.55 bits per heavy atom. The molecule has 0 aromatic rings. The predicted octanol–water partition coefficient (Wildman–Crippen LogP) is -0.738. The van der Waals surface area contributed by atoms with Crippen molar-refractivity contribution >= 4 is 17.9 Å². The molecule has 0 radical (unpaired) electrons. The quantitative estimate of drug-likeness (QED) is 0.528. The number of carbonyl (C=O) groups excluding carboxylic acids is 2. The van der Waals surface area contributed by atoms with Crippen molar-refractivity contribution in [3.63, 3.8) is 0 Å². The van der Waals surface area contributed by atoms with E-state index in [4.69, 9.17) is 10.8 Å². The van der Waals surface area contributed by atoms with E-state index in [9.17, 15) is 19.5 Å². The van der Waals surface area contributed by atoms with Gasteiger partial charge < -0.3 is 26.2 Å². The minimum absolute atomic E-state index is 0.166. The first-order valence-corrected chi connectivity index (χ1v) is 6.64. The molecule has 0 spiro atoms. The summed E-state index contributed by atoms with van der Waals surface area (Å²) in [5.41, 5.74) is 4.96. The second-order valence-corrected chi connectivity index (χ2v) is 4.89. The van der Waals surface area contributed by atoms with Gasteiger partial charge in [-0.15, -0.1) is 0 Å². The molecule has 0 aromatic heterocycles. The van der Waals surface area contributed by atoms with Crippen molar-refractivity contribution in [3.8, 4) is 0 Å². The van der Waals surface area contributed by atoms with E-state index in [1.165, 1.54) is 4.90 Å². The molecule has 0 saturated carbocycles. The Bertz CT molecular complexity index is 374. The minimum Gasteiger partial charge on any atom is -0.480 e.